The number of nitrogens with zero attached hydrogens (tertiary/aromatic N) is 1. The van der Waals surface area contributed by atoms with Crippen molar-refractivity contribution in [3.05, 3.63) is 23.8 Å². The maximum atomic E-state index is 12.9. The van der Waals surface area contributed by atoms with Gasteiger partial charge in [-0.15, -0.1) is 0 Å². The molecule has 1 aromatic carbocycles. The van der Waals surface area contributed by atoms with Crippen LogP contribution in [0.3, 0.4) is 0 Å². The van der Waals surface area contributed by atoms with Crippen LogP contribution in [0, 0.1) is 0 Å². The lowest BCUT2D eigenvalue weighted by Gasteiger charge is -2.31. The first-order valence-corrected chi connectivity index (χ1v) is 7.32. The van der Waals surface area contributed by atoms with E-state index in [2.05, 4.69) is 13.8 Å². The molecular formula is C16H26N2O3. The molecule has 118 valence electrons. The van der Waals surface area contributed by atoms with E-state index in [9.17, 15) is 4.79 Å². The summed E-state index contributed by atoms with van der Waals surface area (Å²) in [6, 6.07) is 5.30. The highest BCUT2D eigenvalue weighted by molar-refractivity contribution is 5.98. The van der Waals surface area contributed by atoms with Gasteiger partial charge in [0, 0.05) is 25.4 Å². The number of anilines is 1. The molecule has 0 spiro atoms. The second kappa shape index (κ2) is 8.52. The fourth-order valence-corrected chi connectivity index (χ4v) is 2.42. The highest BCUT2D eigenvalue weighted by Crippen LogP contribution is 2.24. The van der Waals surface area contributed by atoms with E-state index in [0.29, 0.717) is 30.2 Å². The molecule has 1 rings (SSSR count). The van der Waals surface area contributed by atoms with Gasteiger partial charge in [-0.25, -0.2) is 0 Å². The summed E-state index contributed by atoms with van der Waals surface area (Å²) in [5.74, 6) is 0.479. The van der Waals surface area contributed by atoms with Crippen molar-refractivity contribution in [2.75, 3.05) is 33.1 Å². The molecule has 0 heterocycles. The Morgan fingerprint density at radius 3 is 2.48 bits per heavy atom. The van der Waals surface area contributed by atoms with Crippen LogP contribution < -0.4 is 10.5 Å². The first-order chi connectivity index (χ1) is 10.1. The van der Waals surface area contributed by atoms with Gasteiger partial charge in [-0.05, 0) is 31.0 Å². The summed E-state index contributed by atoms with van der Waals surface area (Å²) in [7, 11) is 3.19. The number of hydrogen-bond donors (Lipinski definition) is 1. The van der Waals surface area contributed by atoms with Gasteiger partial charge in [-0.1, -0.05) is 13.8 Å². The van der Waals surface area contributed by atoms with Crippen LogP contribution in [-0.4, -0.2) is 44.2 Å². The summed E-state index contributed by atoms with van der Waals surface area (Å²) in [6.45, 7) is 5.22. The molecule has 0 fully saturated rings. The largest absolute Gasteiger partial charge is 0.496 e. The summed E-state index contributed by atoms with van der Waals surface area (Å²) >= 11 is 0. The van der Waals surface area contributed by atoms with Gasteiger partial charge in [0.2, 0.25) is 0 Å². The maximum Gasteiger partial charge on any atom is 0.258 e. The Kier molecular flexibility index (Phi) is 7.02. The van der Waals surface area contributed by atoms with Crippen molar-refractivity contribution in [1.29, 1.82) is 0 Å². The van der Waals surface area contributed by atoms with Crippen LogP contribution in [0.4, 0.5) is 5.69 Å². The van der Waals surface area contributed by atoms with Gasteiger partial charge in [0.1, 0.15) is 5.75 Å². The summed E-state index contributed by atoms with van der Waals surface area (Å²) < 4.78 is 10.4. The topological polar surface area (TPSA) is 64.8 Å². The number of ether oxygens (including phenoxy) is 2. The van der Waals surface area contributed by atoms with Crippen LogP contribution in [0.1, 0.15) is 37.0 Å². The average Bonchev–Trinajstić information content (AvgIpc) is 2.50. The lowest BCUT2D eigenvalue weighted by Crippen LogP contribution is -2.42. The second-order valence-electron chi connectivity index (χ2n) is 4.92. The Labute approximate surface area is 127 Å². The van der Waals surface area contributed by atoms with Crippen molar-refractivity contribution < 1.29 is 14.3 Å². The fraction of sp³-hybridized carbons (Fsp3) is 0.562. The molecule has 0 unspecified atom stereocenters. The molecule has 2 N–H and O–H groups in total. The van der Waals surface area contributed by atoms with Gasteiger partial charge in [0.25, 0.3) is 5.91 Å². The van der Waals surface area contributed by atoms with Crippen molar-refractivity contribution in [2.24, 2.45) is 0 Å². The highest BCUT2D eigenvalue weighted by Gasteiger charge is 2.24. The van der Waals surface area contributed by atoms with Gasteiger partial charge in [-0.2, -0.15) is 0 Å². The number of nitrogens with two attached hydrogens (primary N) is 1. The van der Waals surface area contributed by atoms with Crippen LogP contribution >= 0.6 is 0 Å². The Morgan fingerprint density at radius 1 is 1.29 bits per heavy atom. The molecule has 0 aliphatic rings. The molecule has 0 atom stereocenters. The summed E-state index contributed by atoms with van der Waals surface area (Å²) in [5, 5.41) is 0. The van der Waals surface area contributed by atoms with E-state index in [1.165, 1.54) is 0 Å². The number of hydrogen-bond acceptors (Lipinski definition) is 4. The van der Waals surface area contributed by atoms with Gasteiger partial charge in [0.05, 0.1) is 19.3 Å². The van der Waals surface area contributed by atoms with E-state index in [0.717, 1.165) is 12.8 Å². The first-order valence-electron chi connectivity index (χ1n) is 7.32. The fourth-order valence-electron chi connectivity index (χ4n) is 2.42. The van der Waals surface area contributed by atoms with E-state index >= 15 is 0 Å². The Hall–Kier alpha value is -1.75. The number of carbonyl (C=O) groups excluding carboxylic acids is 1. The molecule has 0 bridgehead atoms. The quantitative estimate of drug-likeness (QED) is 0.748. The van der Waals surface area contributed by atoms with Gasteiger partial charge >= 0.3 is 0 Å². The minimum Gasteiger partial charge on any atom is -0.496 e. The lowest BCUT2D eigenvalue weighted by molar-refractivity contribution is 0.0586. The standard InChI is InChI=1S/C16H26N2O3/c1-5-13(6-2)18(9-10-20-3)16(19)14-11-12(17)7-8-15(14)21-4/h7-8,11,13H,5-6,9-10,17H2,1-4H3. The average molecular weight is 294 g/mol. The minimum absolute atomic E-state index is 0.0649. The number of nitrogen functional groups attached to an aromatic ring is 1. The number of benzene rings is 1. The smallest absolute Gasteiger partial charge is 0.258 e. The number of carbonyl (C=O) groups is 1. The van der Waals surface area contributed by atoms with Crippen molar-refractivity contribution in [2.45, 2.75) is 32.7 Å². The molecule has 0 aliphatic heterocycles. The van der Waals surface area contributed by atoms with Crippen LogP contribution in [-0.2, 0) is 4.74 Å². The van der Waals surface area contributed by atoms with Crippen molar-refractivity contribution in [1.82, 2.24) is 4.90 Å². The van der Waals surface area contributed by atoms with E-state index in [-0.39, 0.29) is 11.9 Å². The molecular weight excluding hydrogens is 268 g/mol. The SMILES string of the molecule is CCC(CC)N(CCOC)C(=O)c1cc(N)ccc1OC. The monoisotopic (exact) mass is 294 g/mol. The van der Waals surface area contributed by atoms with Crippen LogP contribution in [0.25, 0.3) is 0 Å². The normalized spacial score (nSPS) is 10.7. The predicted molar refractivity (Wildman–Crippen MR) is 84.7 cm³/mol. The van der Waals surface area contributed by atoms with E-state index in [4.69, 9.17) is 15.2 Å². The molecule has 21 heavy (non-hydrogen) atoms. The number of amides is 1. The van der Waals surface area contributed by atoms with Crippen molar-refractivity contribution in [3.8, 4) is 5.75 Å². The first kappa shape index (κ1) is 17.3. The Balaban J connectivity index is 3.11. The van der Waals surface area contributed by atoms with Crippen LogP contribution in [0.2, 0.25) is 0 Å². The summed E-state index contributed by atoms with van der Waals surface area (Å²) in [6.07, 6.45) is 1.80. The number of rotatable bonds is 8. The van der Waals surface area contributed by atoms with E-state index < -0.39 is 0 Å². The molecule has 0 aliphatic carbocycles. The van der Waals surface area contributed by atoms with Crippen LogP contribution in [0.5, 0.6) is 5.75 Å². The molecule has 0 saturated carbocycles. The van der Waals surface area contributed by atoms with E-state index in [1.807, 2.05) is 4.90 Å². The molecule has 0 saturated heterocycles. The molecule has 0 aromatic heterocycles. The second-order valence-corrected chi connectivity index (χ2v) is 4.92. The third-order valence-corrected chi connectivity index (χ3v) is 3.63. The summed E-state index contributed by atoms with van der Waals surface area (Å²) in [4.78, 5) is 14.7. The molecule has 1 aromatic rings. The lowest BCUT2D eigenvalue weighted by atomic mass is 10.1. The maximum absolute atomic E-state index is 12.9. The van der Waals surface area contributed by atoms with Gasteiger partial charge in [-0.3, -0.25) is 4.79 Å². The zero-order valence-corrected chi connectivity index (χ0v) is 13.4. The van der Waals surface area contributed by atoms with E-state index in [1.54, 1.807) is 32.4 Å². The predicted octanol–water partition coefficient (Wildman–Crippen LogP) is 2.55. The summed E-state index contributed by atoms with van der Waals surface area (Å²) in [5.41, 5.74) is 6.86. The Bertz CT molecular complexity index is 459. The number of methoxy groups -OCH3 is 2. The van der Waals surface area contributed by atoms with Crippen LogP contribution in [0.15, 0.2) is 18.2 Å². The zero-order valence-electron chi connectivity index (χ0n) is 13.4. The van der Waals surface area contributed by atoms with Crippen molar-refractivity contribution in [3.63, 3.8) is 0 Å². The molecule has 5 heteroatoms. The third kappa shape index (κ3) is 4.36. The van der Waals surface area contributed by atoms with Crippen molar-refractivity contribution >= 4 is 11.6 Å². The van der Waals surface area contributed by atoms with Gasteiger partial charge < -0.3 is 20.1 Å². The molecule has 0 radical (unpaired) electrons. The third-order valence-electron chi connectivity index (χ3n) is 3.63. The zero-order chi connectivity index (χ0) is 15.8. The molecule has 1 amide bonds. The molecule has 5 nitrogen and oxygen atoms in total. The Morgan fingerprint density at radius 2 is 1.95 bits per heavy atom. The highest BCUT2D eigenvalue weighted by atomic mass is 16.5. The minimum atomic E-state index is -0.0649. The van der Waals surface area contributed by atoms with Gasteiger partial charge in [0.15, 0.2) is 0 Å².